The normalized spacial score (nSPS) is 17.9. The summed E-state index contributed by atoms with van der Waals surface area (Å²) < 4.78 is 35.5. The molecule has 5 heterocycles. The number of imide groups is 1. The van der Waals surface area contributed by atoms with E-state index in [1.165, 1.54) is 51.0 Å². The summed E-state index contributed by atoms with van der Waals surface area (Å²) in [4.78, 5) is 116. The van der Waals surface area contributed by atoms with Crippen LogP contribution in [0.15, 0.2) is 114 Å². The minimum Gasteiger partial charge on any atom is -0.493 e. The van der Waals surface area contributed by atoms with Crippen LogP contribution in [0.25, 0.3) is 0 Å². The fourth-order valence-corrected chi connectivity index (χ4v) is 11.4. The first kappa shape index (κ1) is 62.4. The van der Waals surface area contributed by atoms with Crippen molar-refractivity contribution in [2.24, 2.45) is 10.9 Å². The minimum atomic E-state index is -1.58. The predicted octanol–water partition coefficient (Wildman–Crippen LogP) is 6.57. The number of anilines is 2. The molecule has 5 aromatic rings. The highest BCUT2D eigenvalue weighted by Gasteiger charge is 2.46. The second kappa shape index (κ2) is 28.0. The van der Waals surface area contributed by atoms with Gasteiger partial charge in [-0.25, -0.2) is 9.69 Å². The summed E-state index contributed by atoms with van der Waals surface area (Å²) in [7, 11) is 2.93. The number of hydrogen-bond acceptors (Lipinski definition) is 16. The molecular formula is C66H72N8O15. The number of rotatable bonds is 24. The quantitative estimate of drug-likeness (QED) is 0.0376. The van der Waals surface area contributed by atoms with Gasteiger partial charge < -0.3 is 59.3 Å². The molecule has 466 valence electrons. The molecule has 10 rings (SSSR count). The number of methoxy groups -OCH3 is 2. The van der Waals surface area contributed by atoms with Crippen LogP contribution < -0.4 is 39.8 Å². The van der Waals surface area contributed by atoms with Gasteiger partial charge in [-0.2, -0.15) is 0 Å². The average Bonchev–Trinajstić information content (AvgIpc) is 1.70. The molecule has 5 atom stereocenters. The Bertz CT molecular complexity index is 3570. The number of nitrogens with zero attached hydrogens (tertiary/aromatic N) is 5. The number of aliphatic hydroxyl groups is 1. The van der Waals surface area contributed by atoms with Crippen molar-refractivity contribution in [1.82, 2.24) is 25.3 Å². The largest absolute Gasteiger partial charge is 0.493 e. The van der Waals surface area contributed by atoms with Gasteiger partial charge in [-0.15, -0.1) is 0 Å². The highest BCUT2D eigenvalue weighted by atomic mass is 16.6. The van der Waals surface area contributed by atoms with E-state index in [1.54, 1.807) is 55.1 Å². The van der Waals surface area contributed by atoms with Gasteiger partial charge in [0.15, 0.2) is 29.2 Å². The lowest BCUT2D eigenvalue weighted by Crippen LogP contribution is -2.55. The summed E-state index contributed by atoms with van der Waals surface area (Å²) in [5.41, 5.74) is 5.98. The molecule has 0 aliphatic carbocycles. The number of unbranched alkanes of at least 4 members (excludes halogenated alkanes) is 2. The van der Waals surface area contributed by atoms with Gasteiger partial charge in [0.1, 0.15) is 31.9 Å². The monoisotopic (exact) mass is 1220 g/mol. The second-order valence-electron chi connectivity index (χ2n) is 22.6. The topological polar surface area (TPSA) is 274 Å². The number of hydrogen-bond donors (Lipinski definition) is 4. The summed E-state index contributed by atoms with van der Waals surface area (Å²) in [5, 5.41) is 20.5. The van der Waals surface area contributed by atoms with Crippen molar-refractivity contribution in [1.29, 1.82) is 0 Å². The van der Waals surface area contributed by atoms with E-state index in [0.29, 0.717) is 66.2 Å². The van der Waals surface area contributed by atoms with Crippen LogP contribution in [0, 0.1) is 5.92 Å². The number of carbonyl (C=O) groups is 8. The molecule has 0 fully saturated rings. The molecule has 0 spiro atoms. The van der Waals surface area contributed by atoms with Crippen molar-refractivity contribution >= 4 is 70.7 Å². The van der Waals surface area contributed by atoms with E-state index >= 15 is 0 Å². The summed E-state index contributed by atoms with van der Waals surface area (Å²) >= 11 is 0. The van der Waals surface area contributed by atoms with Crippen LogP contribution in [0.1, 0.15) is 95.0 Å². The van der Waals surface area contributed by atoms with Gasteiger partial charge in [0.2, 0.25) is 17.7 Å². The molecule has 23 heteroatoms. The van der Waals surface area contributed by atoms with Gasteiger partial charge in [0.05, 0.1) is 62.0 Å². The Hall–Kier alpha value is -9.61. The van der Waals surface area contributed by atoms with E-state index in [9.17, 15) is 43.5 Å². The van der Waals surface area contributed by atoms with Gasteiger partial charge in [-0.1, -0.05) is 80.9 Å². The standard InChI is InChI=1S/C66H72N8O15/c1-39(2)60(70-57(75)17-7-6-12-24-71-58(76)22-23-59(71)77)62(79)68-40(3)61(78)69-46-20-18-41(19-21-46)38-89-66(83)74-51-34-56(54(85-5)32-49(51)64(81)73-37-45-16-11-9-14-43(45)30-52(73)65(74)82)88-28-26-86-25-27-87-55-33-50-48(31-53(55)84-4)63(80)72-36-44-15-10-8-13-42(44)29-47(72)35-67-50/h8-11,13-16,18-23,31-35,39-40,47,52,60,65,82H,6-7,12,17,24-30,36-38H2,1-5H3,(H,68,79)(H,69,78)(H,70,75)/t40-,47-,52-,60-,65?/m0/s1. The fourth-order valence-electron chi connectivity index (χ4n) is 11.4. The highest BCUT2D eigenvalue weighted by Crippen LogP contribution is 2.43. The number of fused-ring (bicyclic) bond motifs is 6. The lowest BCUT2D eigenvalue weighted by molar-refractivity contribution is -0.137. The third kappa shape index (κ3) is 14.2. The van der Waals surface area contributed by atoms with Crippen molar-refractivity contribution < 1.29 is 71.9 Å². The van der Waals surface area contributed by atoms with E-state index < -0.39 is 48.2 Å². The minimum absolute atomic E-state index is 0.00141. The maximum atomic E-state index is 14.6. The zero-order valence-electron chi connectivity index (χ0n) is 50.2. The summed E-state index contributed by atoms with van der Waals surface area (Å²) in [6.45, 7) is 6.04. The number of aliphatic hydroxyl groups excluding tert-OH is 1. The first-order valence-corrected chi connectivity index (χ1v) is 29.7. The lowest BCUT2D eigenvalue weighted by Gasteiger charge is -2.39. The van der Waals surface area contributed by atoms with Gasteiger partial charge in [0.25, 0.3) is 23.6 Å². The Kier molecular flexibility index (Phi) is 19.7. The molecule has 0 aromatic heterocycles. The molecule has 0 saturated heterocycles. The number of amides is 8. The number of benzene rings is 5. The first-order chi connectivity index (χ1) is 43.0. The first-order valence-electron chi connectivity index (χ1n) is 29.7. The van der Waals surface area contributed by atoms with E-state index in [-0.39, 0.29) is 117 Å². The van der Waals surface area contributed by atoms with Gasteiger partial charge >= 0.3 is 6.09 Å². The third-order valence-corrected chi connectivity index (χ3v) is 16.3. The van der Waals surface area contributed by atoms with Crippen LogP contribution in [0.3, 0.4) is 0 Å². The molecule has 5 aliphatic rings. The molecule has 5 aromatic carbocycles. The van der Waals surface area contributed by atoms with E-state index in [4.69, 9.17) is 33.4 Å². The number of carbonyl (C=O) groups excluding carboxylic acids is 8. The molecule has 23 nitrogen and oxygen atoms in total. The third-order valence-electron chi connectivity index (χ3n) is 16.3. The average molecular weight is 1220 g/mol. The predicted molar refractivity (Wildman–Crippen MR) is 326 cm³/mol. The maximum Gasteiger partial charge on any atom is 0.416 e. The van der Waals surface area contributed by atoms with Crippen LogP contribution in [0.4, 0.5) is 21.9 Å². The van der Waals surface area contributed by atoms with Crippen LogP contribution in [-0.4, -0.2) is 151 Å². The summed E-state index contributed by atoms with van der Waals surface area (Å²) in [5.74, 6) is -1.92. The smallest absolute Gasteiger partial charge is 0.416 e. The van der Waals surface area contributed by atoms with Crippen LogP contribution in [0.2, 0.25) is 0 Å². The Morgan fingerprint density at radius 3 is 1.92 bits per heavy atom. The molecule has 89 heavy (non-hydrogen) atoms. The molecule has 0 saturated carbocycles. The number of nitrogens with one attached hydrogen (secondary N) is 3. The lowest BCUT2D eigenvalue weighted by atomic mass is 9.93. The molecule has 0 bridgehead atoms. The van der Waals surface area contributed by atoms with E-state index in [0.717, 1.165) is 26.5 Å². The van der Waals surface area contributed by atoms with Crippen molar-refractivity contribution in [3.05, 3.63) is 148 Å². The van der Waals surface area contributed by atoms with Crippen molar-refractivity contribution in [3.8, 4) is 23.0 Å². The SMILES string of the molecule is COc1cc2c(cc1OCCOCCOc1cc3c(cc1OC)C(=O)N1Cc4ccccc4C[C@H]1C(O)N3C(=O)OCc1ccc(NC(=O)[C@H](C)NC(=O)[C@@H](NC(=O)CCCCCN3C(=O)C=CC3=O)C(C)C)cc1)N=C[C@@H]1Cc3ccccc3CN1C2=O. The molecule has 5 aliphatic heterocycles. The molecule has 8 amide bonds. The van der Waals surface area contributed by atoms with E-state index in [2.05, 4.69) is 22.0 Å². The number of aliphatic imine (C=N–C) groups is 1. The maximum absolute atomic E-state index is 14.6. The van der Waals surface area contributed by atoms with Gasteiger partial charge in [-0.3, -0.25) is 43.5 Å². The Morgan fingerprint density at radius 2 is 1.27 bits per heavy atom. The zero-order valence-corrected chi connectivity index (χ0v) is 50.2. The Morgan fingerprint density at radius 1 is 0.663 bits per heavy atom. The highest BCUT2D eigenvalue weighted by molar-refractivity contribution is 6.13. The fraction of sp³-hybridized carbons (Fsp3) is 0.379. The Balaban J connectivity index is 0.738. The molecule has 4 N–H and O–H groups in total. The molecule has 0 radical (unpaired) electrons. The molecular weight excluding hydrogens is 1140 g/mol. The van der Waals surface area contributed by atoms with Crippen molar-refractivity contribution in [2.75, 3.05) is 57.4 Å². The summed E-state index contributed by atoms with van der Waals surface area (Å²) in [6, 6.07) is 25.4. The van der Waals surface area contributed by atoms with Crippen LogP contribution in [0.5, 0.6) is 23.0 Å². The Labute approximate surface area is 514 Å². The van der Waals surface area contributed by atoms with Gasteiger partial charge in [0, 0.05) is 62.2 Å². The number of ether oxygens (including phenoxy) is 6. The second-order valence-corrected chi connectivity index (χ2v) is 22.6. The van der Waals surface area contributed by atoms with Crippen molar-refractivity contribution in [2.45, 2.75) is 109 Å². The van der Waals surface area contributed by atoms with Gasteiger partial charge in [-0.05, 0) is 90.6 Å². The van der Waals surface area contributed by atoms with Crippen LogP contribution >= 0.6 is 0 Å². The summed E-state index contributed by atoms with van der Waals surface area (Å²) in [6.07, 6.45) is 4.37. The van der Waals surface area contributed by atoms with Crippen molar-refractivity contribution in [3.63, 3.8) is 0 Å². The zero-order chi connectivity index (χ0) is 62.9. The van der Waals surface area contributed by atoms with E-state index in [1.807, 2.05) is 53.6 Å². The van der Waals surface area contributed by atoms with Crippen LogP contribution in [-0.2, 0) is 66.0 Å². The molecule has 1 unspecified atom stereocenters.